The molecule has 1 N–H and O–H groups in total. The summed E-state index contributed by atoms with van der Waals surface area (Å²) in [6.07, 6.45) is 0. The van der Waals surface area contributed by atoms with Gasteiger partial charge in [-0.25, -0.2) is 0 Å². The molecule has 18 heavy (non-hydrogen) atoms. The van der Waals surface area contributed by atoms with Crippen molar-refractivity contribution < 1.29 is 4.79 Å². The minimum atomic E-state index is -0.0189. The molecular formula is C15H22BrNO. The molecule has 0 bridgehead atoms. The van der Waals surface area contributed by atoms with Crippen LogP contribution in [0.5, 0.6) is 0 Å². The van der Waals surface area contributed by atoms with Gasteiger partial charge in [-0.3, -0.25) is 4.79 Å². The Hall–Kier alpha value is -0.830. The zero-order valence-corrected chi connectivity index (χ0v) is 13.2. The van der Waals surface area contributed by atoms with E-state index in [9.17, 15) is 4.79 Å². The molecule has 1 atom stereocenters. The molecule has 0 aliphatic carbocycles. The van der Waals surface area contributed by atoms with Crippen molar-refractivity contribution >= 4 is 21.8 Å². The molecule has 2 nitrogen and oxygen atoms in total. The summed E-state index contributed by atoms with van der Waals surface area (Å²) in [7, 11) is 0. The first-order valence-corrected chi connectivity index (χ1v) is 7.42. The first-order valence-electron chi connectivity index (χ1n) is 6.30. The fourth-order valence-corrected chi connectivity index (χ4v) is 1.98. The van der Waals surface area contributed by atoms with Crippen molar-refractivity contribution in [3.8, 4) is 0 Å². The predicted molar refractivity (Wildman–Crippen MR) is 80.4 cm³/mol. The smallest absolute Gasteiger partial charge is 0.251 e. The maximum atomic E-state index is 12.2. The van der Waals surface area contributed by atoms with Gasteiger partial charge < -0.3 is 5.32 Å². The summed E-state index contributed by atoms with van der Waals surface area (Å²) in [6.45, 7) is 9.17. The Morgan fingerprint density at radius 1 is 1.33 bits per heavy atom. The fourth-order valence-electron chi connectivity index (χ4n) is 1.75. The molecule has 100 valence electrons. The normalized spacial score (nSPS) is 13.2. The lowest BCUT2D eigenvalue weighted by Crippen LogP contribution is -2.31. The average molecular weight is 312 g/mol. The third-order valence-corrected chi connectivity index (χ3v) is 3.96. The van der Waals surface area contributed by atoms with E-state index >= 15 is 0 Å². The molecule has 0 fully saturated rings. The second kappa shape index (κ2) is 6.37. The van der Waals surface area contributed by atoms with E-state index in [4.69, 9.17) is 0 Å². The van der Waals surface area contributed by atoms with Gasteiger partial charge >= 0.3 is 0 Å². The first-order chi connectivity index (χ1) is 8.36. The van der Waals surface area contributed by atoms with E-state index in [1.165, 1.54) is 0 Å². The Bertz CT molecular complexity index is 409. The van der Waals surface area contributed by atoms with Crippen molar-refractivity contribution in [1.29, 1.82) is 0 Å². The average Bonchev–Trinajstić information content (AvgIpc) is 2.34. The van der Waals surface area contributed by atoms with Crippen molar-refractivity contribution in [2.75, 3.05) is 11.9 Å². The SMILES string of the molecule is CC(CBr)CNC(=O)c1ccccc1C(C)(C)C. The largest absolute Gasteiger partial charge is 0.352 e. The highest BCUT2D eigenvalue weighted by atomic mass is 79.9. The molecular weight excluding hydrogens is 290 g/mol. The number of carbonyl (C=O) groups is 1. The van der Waals surface area contributed by atoms with Gasteiger partial charge in [-0.2, -0.15) is 0 Å². The molecule has 0 spiro atoms. The zero-order valence-electron chi connectivity index (χ0n) is 11.6. The number of alkyl halides is 1. The van der Waals surface area contributed by atoms with Crippen LogP contribution in [0.4, 0.5) is 0 Å². The van der Waals surface area contributed by atoms with Crippen LogP contribution in [0.3, 0.4) is 0 Å². The van der Waals surface area contributed by atoms with E-state index in [0.29, 0.717) is 12.5 Å². The van der Waals surface area contributed by atoms with Crippen LogP contribution in [0.2, 0.25) is 0 Å². The number of hydrogen-bond donors (Lipinski definition) is 1. The molecule has 0 aliphatic heterocycles. The van der Waals surface area contributed by atoms with E-state index in [0.717, 1.165) is 16.5 Å². The lowest BCUT2D eigenvalue weighted by Gasteiger charge is -2.22. The summed E-state index contributed by atoms with van der Waals surface area (Å²) >= 11 is 3.42. The molecule has 1 unspecified atom stereocenters. The van der Waals surface area contributed by atoms with Gasteiger partial charge in [-0.15, -0.1) is 0 Å². The third kappa shape index (κ3) is 4.13. The Morgan fingerprint density at radius 3 is 2.50 bits per heavy atom. The molecule has 3 heteroatoms. The van der Waals surface area contributed by atoms with Gasteiger partial charge in [0.15, 0.2) is 0 Å². The van der Waals surface area contributed by atoms with E-state index in [1.54, 1.807) is 0 Å². The van der Waals surface area contributed by atoms with E-state index in [-0.39, 0.29) is 11.3 Å². The van der Waals surface area contributed by atoms with Crippen LogP contribution in [-0.2, 0) is 5.41 Å². The van der Waals surface area contributed by atoms with Crippen LogP contribution in [0.15, 0.2) is 24.3 Å². The minimum absolute atomic E-state index is 0.0189. The van der Waals surface area contributed by atoms with Gasteiger partial charge in [-0.05, 0) is 23.0 Å². The number of benzene rings is 1. The molecule has 1 aromatic carbocycles. The van der Waals surface area contributed by atoms with E-state index < -0.39 is 0 Å². The number of nitrogens with one attached hydrogen (secondary N) is 1. The second-order valence-electron chi connectivity index (χ2n) is 5.77. The topological polar surface area (TPSA) is 29.1 Å². The highest BCUT2D eigenvalue weighted by molar-refractivity contribution is 9.09. The van der Waals surface area contributed by atoms with Crippen LogP contribution < -0.4 is 5.32 Å². The molecule has 0 aliphatic rings. The van der Waals surface area contributed by atoms with Crippen LogP contribution >= 0.6 is 15.9 Å². The summed E-state index contributed by atoms with van der Waals surface area (Å²) in [5.74, 6) is 0.462. The van der Waals surface area contributed by atoms with Crippen LogP contribution in [0.25, 0.3) is 0 Å². The Balaban J connectivity index is 2.86. The highest BCUT2D eigenvalue weighted by Gasteiger charge is 2.21. The van der Waals surface area contributed by atoms with E-state index in [1.807, 2.05) is 24.3 Å². The van der Waals surface area contributed by atoms with Crippen molar-refractivity contribution in [2.24, 2.45) is 5.92 Å². The quantitative estimate of drug-likeness (QED) is 0.843. The molecule has 0 heterocycles. The van der Waals surface area contributed by atoms with Crippen molar-refractivity contribution in [3.63, 3.8) is 0 Å². The molecule has 1 aromatic rings. The van der Waals surface area contributed by atoms with Gasteiger partial charge in [0.2, 0.25) is 0 Å². The summed E-state index contributed by atoms with van der Waals surface area (Å²) in [6, 6.07) is 7.83. The lowest BCUT2D eigenvalue weighted by molar-refractivity contribution is 0.0947. The van der Waals surface area contributed by atoms with Crippen LogP contribution in [0.1, 0.15) is 43.6 Å². The Morgan fingerprint density at radius 2 is 1.94 bits per heavy atom. The molecule has 0 saturated carbocycles. The molecule has 0 saturated heterocycles. The second-order valence-corrected chi connectivity index (χ2v) is 6.41. The van der Waals surface area contributed by atoms with E-state index in [2.05, 4.69) is 48.9 Å². The van der Waals surface area contributed by atoms with Gasteiger partial charge in [-0.1, -0.05) is 61.8 Å². The summed E-state index contributed by atoms with van der Waals surface area (Å²) in [4.78, 5) is 12.2. The minimum Gasteiger partial charge on any atom is -0.352 e. The standard InChI is InChI=1S/C15H22BrNO/c1-11(9-16)10-17-14(18)12-7-5-6-8-13(12)15(2,3)4/h5-8,11H,9-10H2,1-4H3,(H,17,18). The monoisotopic (exact) mass is 311 g/mol. The Kier molecular flexibility index (Phi) is 5.39. The molecule has 1 rings (SSSR count). The molecule has 0 aromatic heterocycles. The number of halogens is 1. The number of carbonyl (C=O) groups excluding carboxylic acids is 1. The maximum absolute atomic E-state index is 12.2. The van der Waals surface area contributed by atoms with Crippen molar-refractivity contribution in [3.05, 3.63) is 35.4 Å². The highest BCUT2D eigenvalue weighted by Crippen LogP contribution is 2.25. The summed E-state index contributed by atoms with van der Waals surface area (Å²) in [5, 5.41) is 3.89. The van der Waals surface area contributed by atoms with Crippen molar-refractivity contribution in [2.45, 2.75) is 33.1 Å². The predicted octanol–water partition coefficient (Wildman–Crippen LogP) is 3.74. The first kappa shape index (κ1) is 15.2. The summed E-state index contributed by atoms with van der Waals surface area (Å²) < 4.78 is 0. The van der Waals surface area contributed by atoms with Gasteiger partial charge in [0.25, 0.3) is 5.91 Å². The number of hydrogen-bond acceptors (Lipinski definition) is 1. The maximum Gasteiger partial charge on any atom is 0.251 e. The van der Waals surface area contributed by atoms with Gasteiger partial charge in [0.1, 0.15) is 0 Å². The number of amides is 1. The summed E-state index contributed by atoms with van der Waals surface area (Å²) in [5.41, 5.74) is 1.86. The Labute approximate surface area is 118 Å². The number of rotatable bonds is 4. The van der Waals surface area contributed by atoms with Gasteiger partial charge in [0.05, 0.1) is 0 Å². The molecule has 0 radical (unpaired) electrons. The fraction of sp³-hybridized carbons (Fsp3) is 0.533. The van der Waals surface area contributed by atoms with Crippen LogP contribution in [0, 0.1) is 5.92 Å². The van der Waals surface area contributed by atoms with Crippen molar-refractivity contribution in [1.82, 2.24) is 5.32 Å². The molecule has 1 amide bonds. The van der Waals surface area contributed by atoms with Gasteiger partial charge in [0, 0.05) is 17.4 Å². The van der Waals surface area contributed by atoms with Crippen LogP contribution in [-0.4, -0.2) is 17.8 Å². The zero-order chi connectivity index (χ0) is 13.8. The third-order valence-electron chi connectivity index (χ3n) is 2.85. The lowest BCUT2D eigenvalue weighted by atomic mass is 9.83.